The van der Waals surface area contributed by atoms with Gasteiger partial charge in [-0.1, -0.05) is 6.08 Å². The number of anilines is 1. The fraction of sp³-hybridized carbons (Fsp3) is 0.143. The number of hydrogen-bond donors (Lipinski definition) is 1. The van der Waals surface area contributed by atoms with Crippen LogP contribution in [-0.2, 0) is 6.42 Å². The van der Waals surface area contributed by atoms with E-state index in [1.54, 1.807) is 12.3 Å². The van der Waals surface area contributed by atoms with Crippen LogP contribution in [0.3, 0.4) is 0 Å². The molecular weight excluding hydrogens is 126 g/mol. The van der Waals surface area contributed by atoms with Crippen molar-refractivity contribution in [2.45, 2.75) is 6.42 Å². The number of allylic oxidation sites excluding steroid dienone is 1. The van der Waals surface area contributed by atoms with Crippen molar-refractivity contribution in [1.82, 2.24) is 9.97 Å². The van der Waals surface area contributed by atoms with Gasteiger partial charge in [0.05, 0.1) is 0 Å². The summed E-state index contributed by atoms with van der Waals surface area (Å²) in [6.07, 6.45) is 5.63. The summed E-state index contributed by atoms with van der Waals surface area (Å²) in [5.74, 6) is 0.537. The average molecular weight is 135 g/mol. The Morgan fingerprint density at radius 2 is 2.50 bits per heavy atom. The molecular formula is C7H9N3. The van der Waals surface area contributed by atoms with Crippen molar-refractivity contribution in [3.8, 4) is 0 Å². The van der Waals surface area contributed by atoms with Crippen molar-refractivity contribution >= 4 is 5.82 Å². The van der Waals surface area contributed by atoms with Crippen LogP contribution in [0.2, 0.25) is 0 Å². The zero-order valence-electron chi connectivity index (χ0n) is 5.62. The molecule has 0 spiro atoms. The molecule has 0 unspecified atom stereocenters. The van der Waals surface area contributed by atoms with Crippen molar-refractivity contribution in [1.29, 1.82) is 0 Å². The maximum Gasteiger partial charge on any atom is 0.130 e. The van der Waals surface area contributed by atoms with E-state index in [0.717, 1.165) is 12.0 Å². The lowest BCUT2D eigenvalue weighted by Gasteiger charge is -1.97. The highest BCUT2D eigenvalue weighted by Crippen LogP contribution is 2.04. The minimum absolute atomic E-state index is 0.537. The molecule has 0 fully saturated rings. The first-order valence-corrected chi connectivity index (χ1v) is 3.00. The van der Waals surface area contributed by atoms with Crippen LogP contribution in [-0.4, -0.2) is 9.97 Å². The van der Waals surface area contributed by atoms with Gasteiger partial charge in [-0.05, 0) is 6.42 Å². The lowest BCUT2D eigenvalue weighted by Crippen LogP contribution is -1.96. The highest BCUT2D eigenvalue weighted by atomic mass is 14.9. The molecule has 0 aliphatic heterocycles. The maximum absolute atomic E-state index is 5.51. The molecule has 1 rings (SSSR count). The molecule has 1 aromatic heterocycles. The van der Waals surface area contributed by atoms with Crippen LogP contribution in [0.15, 0.2) is 25.2 Å². The summed E-state index contributed by atoms with van der Waals surface area (Å²) in [4.78, 5) is 7.64. The maximum atomic E-state index is 5.51. The van der Waals surface area contributed by atoms with Gasteiger partial charge in [0, 0.05) is 11.8 Å². The SMILES string of the molecule is C=CCc1cncnc1N. The number of nitrogen functional groups attached to an aromatic ring is 1. The van der Waals surface area contributed by atoms with Crippen LogP contribution < -0.4 is 5.73 Å². The van der Waals surface area contributed by atoms with Crippen molar-refractivity contribution in [2.75, 3.05) is 5.73 Å². The third-order valence-corrected chi connectivity index (χ3v) is 1.19. The molecule has 0 aromatic carbocycles. The second-order valence-corrected chi connectivity index (χ2v) is 1.93. The van der Waals surface area contributed by atoms with Gasteiger partial charge in [0.2, 0.25) is 0 Å². The largest absolute Gasteiger partial charge is 0.383 e. The number of rotatable bonds is 2. The second kappa shape index (κ2) is 2.96. The van der Waals surface area contributed by atoms with E-state index in [2.05, 4.69) is 16.5 Å². The Morgan fingerprint density at radius 1 is 1.70 bits per heavy atom. The molecule has 52 valence electrons. The van der Waals surface area contributed by atoms with E-state index >= 15 is 0 Å². The highest BCUT2D eigenvalue weighted by Gasteiger charge is 1.94. The van der Waals surface area contributed by atoms with Crippen molar-refractivity contribution in [2.24, 2.45) is 0 Å². The van der Waals surface area contributed by atoms with Crippen LogP contribution >= 0.6 is 0 Å². The summed E-state index contributed by atoms with van der Waals surface area (Å²) in [5, 5.41) is 0. The number of nitrogens with two attached hydrogens (primary N) is 1. The number of hydrogen-bond acceptors (Lipinski definition) is 3. The van der Waals surface area contributed by atoms with E-state index in [-0.39, 0.29) is 0 Å². The Labute approximate surface area is 59.6 Å². The number of nitrogens with zero attached hydrogens (tertiary/aromatic N) is 2. The summed E-state index contributed by atoms with van der Waals surface area (Å²) in [6, 6.07) is 0. The monoisotopic (exact) mass is 135 g/mol. The zero-order valence-corrected chi connectivity index (χ0v) is 5.62. The fourth-order valence-electron chi connectivity index (χ4n) is 0.681. The minimum Gasteiger partial charge on any atom is -0.383 e. The Bertz CT molecular complexity index is 232. The molecule has 3 heteroatoms. The Kier molecular flexibility index (Phi) is 1.99. The van der Waals surface area contributed by atoms with Crippen molar-refractivity contribution in [3.05, 3.63) is 30.7 Å². The van der Waals surface area contributed by atoms with Gasteiger partial charge >= 0.3 is 0 Å². The van der Waals surface area contributed by atoms with Gasteiger partial charge in [0.1, 0.15) is 12.1 Å². The number of aromatic nitrogens is 2. The van der Waals surface area contributed by atoms with Gasteiger partial charge in [-0.15, -0.1) is 6.58 Å². The normalized spacial score (nSPS) is 9.20. The smallest absolute Gasteiger partial charge is 0.130 e. The van der Waals surface area contributed by atoms with Gasteiger partial charge < -0.3 is 5.73 Å². The first kappa shape index (κ1) is 6.74. The van der Waals surface area contributed by atoms with E-state index in [1.165, 1.54) is 6.33 Å². The van der Waals surface area contributed by atoms with E-state index in [0.29, 0.717) is 5.82 Å². The standard InChI is InChI=1S/C7H9N3/c1-2-3-6-4-9-5-10-7(6)8/h2,4-5H,1,3H2,(H2,8,9,10). The third-order valence-electron chi connectivity index (χ3n) is 1.19. The lowest BCUT2D eigenvalue weighted by molar-refractivity contribution is 1.10. The summed E-state index contributed by atoms with van der Waals surface area (Å²) in [5.41, 5.74) is 6.44. The summed E-state index contributed by atoms with van der Waals surface area (Å²) in [6.45, 7) is 3.59. The third kappa shape index (κ3) is 1.31. The molecule has 0 aliphatic rings. The van der Waals surface area contributed by atoms with E-state index < -0.39 is 0 Å². The van der Waals surface area contributed by atoms with Crippen LogP contribution in [0.4, 0.5) is 5.82 Å². The van der Waals surface area contributed by atoms with E-state index in [1.807, 2.05) is 0 Å². The van der Waals surface area contributed by atoms with Crippen LogP contribution in [0.1, 0.15) is 5.56 Å². The molecule has 0 amide bonds. The molecule has 0 saturated heterocycles. The molecule has 3 nitrogen and oxygen atoms in total. The van der Waals surface area contributed by atoms with E-state index in [4.69, 9.17) is 5.73 Å². The Balaban J connectivity index is 2.91. The van der Waals surface area contributed by atoms with Gasteiger partial charge in [-0.25, -0.2) is 9.97 Å². The van der Waals surface area contributed by atoms with Gasteiger partial charge in [-0.2, -0.15) is 0 Å². The predicted molar refractivity (Wildman–Crippen MR) is 40.3 cm³/mol. The van der Waals surface area contributed by atoms with Crippen molar-refractivity contribution < 1.29 is 0 Å². The summed E-state index contributed by atoms with van der Waals surface area (Å²) >= 11 is 0. The first-order chi connectivity index (χ1) is 4.84. The molecule has 2 N–H and O–H groups in total. The van der Waals surface area contributed by atoms with Crippen LogP contribution in [0.25, 0.3) is 0 Å². The van der Waals surface area contributed by atoms with Gasteiger partial charge in [0.25, 0.3) is 0 Å². The molecule has 10 heavy (non-hydrogen) atoms. The predicted octanol–water partition coefficient (Wildman–Crippen LogP) is 0.787. The van der Waals surface area contributed by atoms with Crippen LogP contribution in [0.5, 0.6) is 0 Å². The average Bonchev–Trinajstić information content (AvgIpc) is 1.94. The summed E-state index contributed by atoms with van der Waals surface area (Å²) < 4.78 is 0. The molecule has 0 saturated carbocycles. The molecule has 0 atom stereocenters. The van der Waals surface area contributed by atoms with Gasteiger partial charge in [-0.3, -0.25) is 0 Å². The lowest BCUT2D eigenvalue weighted by atomic mass is 10.2. The Hall–Kier alpha value is -1.38. The first-order valence-electron chi connectivity index (χ1n) is 3.00. The van der Waals surface area contributed by atoms with Gasteiger partial charge in [0.15, 0.2) is 0 Å². The van der Waals surface area contributed by atoms with E-state index in [9.17, 15) is 0 Å². The summed E-state index contributed by atoms with van der Waals surface area (Å²) in [7, 11) is 0. The topological polar surface area (TPSA) is 51.8 Å². The fourth-order valence-corrected chi connectivity index (χ4v) is 0.681. The minimum atomic E-state index is 0.537. The van der Waals surface area contributed by atoms with Crippen molar-refractivity contribution in [3.63, 3.8) is 0 Å². The molecule has 0 radical (unpaired) electrons. The molecule has 1 aromatic rings. The highest BCUT2D eigenvalue weighted by molar-refractivity contribution is 5.37. The Morgan fingerprint density at radius 3 is 3.10 bits per heavy atom. The second-order valence-electron chi connectivity index (χ2n) is 1.93. The molecule has 0 aliphatic carbocycles. The molecule has 1 heterocycles. The quantitative estimate of drug-likeness (QED) is 0.610. The molecule has 0 bridgehead atoms. The van der Waals surface area contributed by atoms with Crippen LogP contribution in [0, 0.1) is 0 Å². The zero-order chi connectivity index (χ0) is 7.40.